The third kappa shape index (κ3) is 2.78. The molecule has 0 saturated carbocycles. The van der Waals surface area contributed by atoms with E-state index < -0.39 is 0 Å². The molecular formula is C14H24N6. The Bertz CT molecular complexity index is 457. The SMILES string of the molecule is CC1CCCCCN1c1nc(N)nc(N2CCCC2)n1. The van der Waals surface area contributed by atoms with Crippen LogP contribution in [0.3, 0.4) is 0 Å². The van der Waals surface area contributed by atoms with Crippen molar-refractivity contribution >= 4 is 17.8 Å². The largest absolute Gasteiger partial charge is 0.368 e. The van der Waals surface area contributed by atoms with E-state index in [9.17, 15) is 0 Å². The lowest BCUT2D eigenvalue weighted by molar-refractivity contribution is 0.604. The van der Waals surface area contributed by atoms with Crippen LogP contribution in [0.5, 0.6) is 0 Å². The summed E-state index contributed by atoms with van der Waals surface area (Å²) in [5, 5.41) is 0. The average molecular weight is 276 g/mol. The summed E-state index contributed by atoms with van der Waals surface area (Å²) in [7, 11) is 0. The van der Waals surface area contributed by atoms with Gasteiger partial charge in [-0.25, -0.2) is 0 Å². The van der Waals surface area contributed by atoms with Gasteiger partial charge in [-0.2, -0.15) is 15.0 Å². The number of nitrogens with zero attached hydrogens (tertiary/aromatic N) is 5. The van der Waals surface area contributed by atoms with Gasteiger partial charge in [0.2, 0.25) is 17.8 Å². The van der Waals surface area contributed by atoms with Crippen LogP contribution in [0.15, 0.2) is 0 Å². The van der Waals surface area contributed by atoms with E-state index in [1.54, 1.807) is 0 Å². The molecular weight excluding hydrogens is 252 g/mol. The number of hydrogen-bond donors (Lipinski definition) is 1. The fourth-order valence-electron chi connectivity index (χ4n) is 3.13. The van der Waals surface area contributed by atoms with Crippen molar-refractivity contribution in [3.8, 4) is 0 Å². The summed E-state index contributed by atoms with van der Waals surface area (Å²) in [6, 6.07) is 0.478. The molecule has 2 saturated heterocycles. The highest BCUT2D eigenvalue weighted by molar-refractivity contribution is 5.44. The molecule has 0 aromatic carbocycles. The van der Waals surface area contributed by atoms with E-state index in [1.165, 1.54) is 38.5 Å². The van der Waals surface area contributed by atoms with Gasteiger partial charge in [-0.3, -0.25) is 0 Å². The summed E-state index contributed by atoms with van der Waals surface area (Å²) in [6.07, 6.45) is 7.40. The highest BCUT2D eigenvalue weighted by Gasteiger charge is 2.23. The van der Waals surface area contributed by atoms with Gasteiger partial charge in [0.25, 0.3) is 0 Å². The van der Waals surface area contributed by atoms with E-state index in [-0.39, 0.29) is 0 Å². The number of aromatic nitrogens is 3. The summed E-state index contributed by atoms with van der Waals surface area (Å²) in [6.45, 7) is 5.32. The number of nitrogens with two attached hydrogens (primary N) is 1. The summed E-state index contributed by atoms with van der Waals surface area (Å²) in [5.74, 6) is 1.85. The first-order valence-electron chi connectivity index (χ1n) is 7.77. The summed E-state index contributed by atoms with van der Waals surface area (Å²) >= 11 is 0. The molecule has 1 aromatic rings. The van der Waals surface area contributed by atoms with Crippen molar-refractivity contribution in [2.45, 2.75) is 51.5 Å². The fourth-order valence-corrected chi connectivity index (χ4v) is 3.13. The maximum absolute atomic E-state index is 5.90. The van der Waals surface area contributed by atoms with Gasteiger partial charge in [0, 0.05) is 25.7 Å². The molecule has 20 heavy (non-hydrogen) atoms. The van der Waals surface area contributed by atoms with Crippen LogP contribution in [0, 0.1) is 0 Å². The lowest BCUT2D eigenvalue weighted by atomic mass is 10.1. The number of hydrogen-bond acceptors (Lipinski definition) is 6. The zero-order valence-electron chi connectivity index (χ0n) is 12.3. The Labute approximate surface area is 120 Å². The highest BCUT2D eigenvalue weighted by atomic mass is 15.4. The first-order chi connectivity index (χ1) is 9.74. The predicted molar refractivity (Wildman–Crippen MR) is 81.0 cm³/mol. The smallest absolute Gasteiger partial charge is 0.232 e. The molecule has 0 amide bonds. The van der Waals surface area contributed by atoms with E-state index in [4.69, 9.17) is 5.73 Å². The summed E-state index contributed by atoms with van der Waals surface area (Å²) in [5.41, 5.74) is 5.90. The van der Waals surface area contributed by atoms with Crippen LogP contribution in [0.2, 0.25) is 0 Å². The van der Waals surface area contributed by atoms with Gasteiger partial charge in [0.15, 0.2) is 0 Å². The van der Waals surface area contributed by atoms with Crippen LogP contribution in [-0.2, 0) is 0 Å². The standard InChI is InChI=1S/C14H24N6/c1-11-7-3-2-4-10-20(11)14-17-12(15)16-13(18-14)19-8-5-6-9-19/h11H,2-10H2,1H3,(H2,15,16,17,18). The van der Waals surface area contributed by atoms with Crippen LogP contribution in [0.25, 0.3) is 0 Å². The zero-order chi connectivity index (χ0) is 13.9. The number of nitrogen functional groups attached to an aromatic ring is 1. The molecule has 3 rings (SSSR count). The Balaban J connectivity index is 1.87. The first-order valence-corrected chi connectivity index (χ1v) is 7.77. The van der Waals surface area contributed by atoms with E-state index >= 15 is 0 Å². The monoisotopic (exact) mass is 276 g/mol. The van der Waals surface area contributed by atoms with Gasteiger partial charge in [-0.1, -0.05) is 12.8 Å². The van der Waals surface area contributed by atoms with Crippen molar-refractivity contribution < 1.29 is 0 Å². The second kappa shape index (κ2) is 5.81. The lowest BCUT2D eigenvalue weighted by Crippen LogP contribution is -2.35. The first kappa shape index (κ1) is 13.4. The van der Waals surface area contributed by atoms with Crippen LogP contribution >= 0.6 is 0 Å². The minimum atomic E-state index is 0.341. The minimum absolute atomic E-state index is 0.341. The van der Waals surface area contributed by atoms with Crippen molar-refractivity contribution in [3.05, 3.63) is 0 Å². The Morgan fingerprint density at radius 2 is 1.60 bits per heavy atom. The molecule has 1 unspecified atom stereocenters. The second-order valence-electron chi connectivity index (χ2n) is 5.88. The molecule has 0 aliphatic carbocycles. The molecule has 0 bridgehead atoms. The van der Waals surface area contributed by atoms with Crippen molar-refractivity contribution in [2.24, 2.45) is 0 Å². The molecule has 6 heteroatoms. The molecule has 0 radical (unpaired) electrons. The zero-order valence-corrected chi connectivity index (χ0v) is 12.3. The van der Waals surface area contributed by atoms with Gasteiger partial charge >= 0.3 is 0 Å². The third-order valence-corrected chi connectivity index (χ3v) is 4.33. The van der Waals surface area contributed by atoms with Gasteiger partial charge in [0.1, 0.15) is 0 Å². The Hall–Kier alpha value is -1.59. The number of rotatable bonds is 2. The molecule has 110 valence electrons. The molecule has 6 nitrogen and oxygen atoms in total. The molecule has 2 aliphatic rings. The van der Waals surface area contributed by atoms with E-state index in [0.29, 0.717) is 12.0 Å². The van der Waals surface area contributed by atoms with Gasteiger partial charge in [-0.05, 0) is 32.6 Å². The Kier molecular flexibility index (Phi) is 3.89. The maximum atomic E-state index is 5.90. The molecule has 3 heterocycles. The van der Waals surface area contributed by atoms with Crippen molar-refractivity contribution in [1.29, 1.82) is 0 Å². The van der Waals surface area contributed by atoms with E-state index in [0.717, 1.165) is 31.5 Å². The third-order valence-electron chi connectivity index (χ3n) is 4.33. The quantitative estimate of drug-likeness (QED) is 0.888. The van der Waals surface area contributed by atoms with Crippen molar-refractivity contribution in [1.82, 2.24) is 15.0 Å². The molecule has 1 atom stereocenters. The second-order valence-corrected chi connectivity index (χ2v) is 5.88. The molecule has 1 aromatic heterocycles. The van der Waals surface area contributed by atoms with Gasteiger partial charge in [-0.15, -0.1) is 0 Å². The average Bonchev–Trinajstić information content (AvgIpc) is 2.88. The number of anilines is 3. The Morgan fingerprint density at radius 3 is 2.40 bits per heavy atom. The predicted octanol–water partition coefficient (Wildman–Crippen LogP) is 1.82. The summed E-state index contributed by atoms with van der Waals surface area (Å²) < 4.78 is 0. The highest BCUT2D eigenvalue weighted by Crippen LogP contribution is 2.24. The molecule has 2 N–H and O–H groups in total. The van der Waals surface area contributed by atoms with E-state index in [1.807, 2.05) is 0 Å². The minimum Gasteiger partial charge on any atom is -0.368 e. The molecule has 2 fully saturated rings. The lowest BCUT2D eigenvalue weighted by Gasteiger charge is -2.28. The van der Waals surface area contributed by atoms with Crippen LogP contribution in [-0.4, -0.2) is 40.6 Å². The molecule has 2 aliphatic heterocycles. The van der Waals surface area contributed by atoms with Crippen molar-refractivity contribution in [3.63, 3.8) is 0 Å². The maximum Gasteiger partial charge on any atom is 0.232 e. The fraction of sp³-hybridized carbons (Fsp3) is 0.786. The Morgan fingerprint density at radius 1 is 0.900 bits per heavy atom. The van der Waals surface area contributed by atoms with Crippen LogP contribution < -0.4 is 15.5 Å². The molecule has 0 spiro atoms. The van der Waals surface area contributed by atoms with Crippen molar-refractivity contribution in [2.75, 3.05) is 35.2 Å². The summed E-state index contributed by atoms with van der Waals surface area (Å²) in [4.78, 5) is 17.9. The van der Waals surface area contributed by atoms with Crippen LogP contribution in [0.4, 0.5) is 17.8 Å². The topological polar surface area (TPSA) is 71.2 Å². The van der Waals surface area contributed by atoms with Crippen LogP contribution in [0.1, 0.15) is 45.4 Å². The van der Waals surface area contributed by atoms with Gasteiger partial charge in [0.05, 0.1) is 0 Å². The van der Waals surface area contributed by atoms with E-state index in [2.05, 4.69) is 31.7 Å². The van der Waals surface area contributed by atoms with Gasteiger partial charge < -0.3 is 15.5 Å². The normalized spacial score (nSPS) is 23.9.